The minimum Gasteiger partial charge on any atom is -0.370 e. The van der Waals surface area contributed by atoms with Gasteiger partial charge in [-0.3, -0.25) is 4.79 Å². The highest BCUT2D eigenvalue weighted by Crippen LogP contribution is 2.33. The summed E-state index contributed by atoms with van der Waals surface area (Å²) in [7, 11) is 0. The Kier molecular flexibility index (Phi) is 4.26. The first-order valence-electron chi connectivity index (χ1n) is 5.09. The van der Waals surface area contributed by atoms with Crippen LogP contribution in [0, 0.1) is 5.41 Å². The Balaban J connectivity index is 2.21. The number of carbonyl (C=O) groups excluding carboxylic acids is 1. The zero-order valence-electron chi connectivity index (χ0n) is 9.01. The monoisotopic (exact) mass is 216 g/mol. The van der Waals surface area contributed by atoms with Gasteiger partial charge in [-0.15, -0.1) is 0 Å². The predicted molar refractivity (Wildman–Crippen MR) is 61.3 cm³/mol. The lowest BCUT2D eigenvalue weighted by Gasteiger charge is -2.35. The van der Waals surface area contributed by atoms with Crippen LogP contribution in [0.25, 0.3) is 0 Å². The topological polar surface area (TPSA) is 55.1 Å². The molecule has 82 valence electrons. The van der Waals surface area contributed by atoms with Gasteiger partial charge in [0, 0.05) is 24.8 Å². The number of carbonyl (C=O) groups is 1. The second-order valence-corrected chi connectivity index (χ2v) is 5.78. The van der Waals surface area contributed by atoms with Crippen LogP contribution in [-0.4, -0.2) is 30.0 Å². The molecule has 1 aliphatic heterocycles. The molecule has 0 aliphatic carbocycles. The summed E-state index contributed by atoms with van der Waals surface area (Å²) >= 11 is 1.99. The van der Waals surface area contributed by atoms with Gasteiger partial charge in [-0.05, 0) is 17.6 Å². The number of hydrogen-bond acceptors (Lipinski definition) is 3. The van der Waals surface area contributed by atoms with Crippen molar-refractivity contribution in [2.75, 3.05) is 18.1 Å². The molecule has 0 aromatic rings. The van der Waals surface area contributed by atoms with Gasteiger partial charge in [0.25, 0.3) is 0 Å². The van der Waals surface area contributed by atoms with E-state index in [2.05, 4.69) is 19.2 Å². The quantitative estimate of drug-likeness (QED) is 0.736. The van der Waals surface area contributed by atoms with Crippen LogP contribution in [0.1, 0.15) is 26.7 Å². The summed E-state index contributed by atoms with van der Waals surface area (Å²) in [5, 5.41) is 3.39. The van der Waals surface area contributed by atoms with Gasteiger partial charge in [0.1, 0.15) is 0 Å². The van der Waals surface area contributed by atoms with Gasteiger partial charge >= 0.3 is 0 Å². The molecular formula is C10H20N2OS. The van der Waals surface area contributed by atoms with Crippen molar-refractivity contribution in [2.45, 2.75) is 32.7 Å². The average molecular weight is 216 g/mol. The molecule has 3 nitrogen and oxygen atoms in total. The molecule has 1 unspecified atom stereocenters. The van der Waals surface area contributed by atoms with E-state index in [1.165, 1.54) is 12.2 Å². The van der Waals surface area contributed by atoms with Gasteiger partial charge < -0.3 is 11.1 Å². The average Bonchev–Trinajstić information content (AvgIpc) is 2.01. The van der Waals surface area contributed by atoms with E-state index in [1.807, 2.05) is 11.8 Å². The highest BCUT2D eigenvalue weighted by Gasteiger charge is 2.27. The molecule has 1 aliphatic rings. The van der Waals surface area contributed by atoms with E-state index in [0.29, 0.717) is 17.9 Å². The number of nitrogens with two attached hydrogens (primary N) is 1. The molecule has 3 N–H and O–H groups in total. The first kappa shape index (κ1) is 11.9. The molecule has 0 spiro atoms. The van der Waals surface area contributed by atoms with Gasteiger partial charge in [-0.25, -0.2) is 0 Å². The highest BCUT2D eigenvalue weighted by molar-refractivity contribution is 7.99. The summed E-state index contributed by atoms with van der Waals surface area (Å²) in [5.74, 6) is 2.17. The molecular weight excluding hydrogens is 196 g/mol. The predicted octanol–water partition coefficient (Wildman–Crippen LogP) is 0.983. The van der Waals surface area contributed by atoms with E-state index in [-0.39, 0.29) is 5.91 Å². The van der Waals surface area contributed by atoms with Crippen LogP contribution < -0.4 is 11.1 Å². The summed E-state index contributed by atoms with van der Waals surface area (Å²) in [5.41, 5.74) is 5.50. The van der Waals surface area contributed by atoms with Gasteiger partial charge in [0.2, 0.25) is 5.91 Å². The van der Waals surface area contributed by atoms with E-state index in [1.54, 1.807) is 0 Å². The van der Waals surface area contributed by atoms with Crippen LogP contribution in [0.4, 0.5) is 0 Å². The number of primary amides is 1. The maximum absolute atomic E-state index is 10.5. The van der Waals surface area contributed by atoms with Crippen molar-refractivity contribution in [2.24, 2.45) is 11.1 Å². The number of nitrogens with one attached hydrogen (secondary N) is 1. The SMILES string of the molecule is CC1(C)CSCC(NCCC(N)=O)C1. The molecule has 0 aromatic heterocycles. The van der Waals surface area contributed by atoms with E-state index in [0.717, 1.165) is 12.3 Å². The third-order valence-corrected chi connectivity index (χ3v) is 4.04. The van der Waals surface area contributed by atoms with Crippen LogP contribution in [0.15, 0.2) is 0 Å². The summed E-state index contributed by atoms with van der Waals surface area (Å²) in [6, 6.07) is 0.545. The summed E-state index contributed by atoms with van der Waals surface area (Å²) in [4.78, 5) is 10.5. The molecule has 1 rings (SSSR count). The largest absolute Gasteiger partial charge is 0.370 e. The fourth-order valence-corrected chi connectivity index (χ4v) is 3.10. The first-order valence-corrected chi connectivity index (χ1v) is 6.24. The van der Waals surface area contributed by atoms with E-state index >= 15 is 0 Å². The van der Waals surface area contributed by atoms with Gasteiger partial charge in [-0.1, -0.05) is 13.8 Å². The van der Waals surface area contributed by atoms with Crippen molar-refractivity contribution in [1.29, 1.82) is 0 Å². The molecule has 0 saturated carbocycles. The molecule has 1 amide bonds. The van der Waals surface area contributed by atoms with Crippen molar-refractivity contribution in [3.8, 4) is 0 Å². The van der Waals surface area contributed by atoms with E-state index in [9.17, 15) is 4.79 Å². The van der Waals surface area contributed by atoms with Crippen LogP contribution >= 0.6 is 11.8 Å². The summed E-state index contributed by atoms with van der Waals surface area (Å²) in [6.07, 6.45) is 1.64. The first-order chi connectivity index (χ1) is 6.49. The summed E-state index contributed by atoms with van der Waals surface area (Å²) < 4.78 is 0. The smallest absolute Gasteiger partial charge is 0.218 e. The molecule has 1 atom stereocenters. The Labute approximate surface area is 90.2 Å². The Morgan fingerprint density at radius 1 is 1.64 bits per heavy atom. The van der Waals surface area contributed by atoms with Crippen LogP contribution in [0.3, 0.4) is 0 Å². The Morgan fingerprint density at radius 2 is 2.36 bits per heavy atom. The van der Waals surface area contributed by atoms with Crippen molar-refractivity contribution in [1.82, 2.24) is 5.32 Å². The minimum atomic E-state index is -0.222. The zero-order chi connectivity index (χ0) is 10.6. The third-order valence-electron chi connectivity index (χ3n) is 2.42. The fraction of sp³-hybridized carbons (Fsp3) is 0.900. The lowest BCUT2D eigenvalue weighted by Crippen LogP contribution is -2.41. The molecule has 0 aromatic carbocycles. The van der Waals surface area contributed by atoms with Gasteiger partial charge in [-0.2, -0.15) is 11.8 Å². The van der Waals surface area contributed by atoms with Crippen molar-refractivity contribution in [3.05, 3.63) is 0 Å². The maximum Gasteiger partial charge on any atom is 0.218 e. The van der Waals surface area contributed by atoms with Crippen molar-refractivity contribution >= 4 is 17.7 Å². The molecule has 1 saturated heterocycles. The molecule has 1 heterocycles. The number of hydrogen-bond donors (Lipinski definition) is 2. The van der Waals surface area contributed by atoms with Gasteiger partial charge in [0.05, 0.1) is 0 Å². The number of amides is 1. The van der Waals surface area contributed by atoms with E-state index < -0.39 is 0 Å². The Bertz CT molecular complexity index is 206. The zero-order valence-corrected chi connectivity index (χ0v) is 9.82. The molecule has 0 bridgehead atoms. The fourth-order valence-electron chi connectivity index (χ4n) is 1.79. The Morgan fingerprint density at radius 3 is 2.93 bits per heavy atom. The number of rotatable bonds is 4. The molecule has 4 heteroatoms. The number of thioether (sulfide) groups is 1. The lowest BCUT2D eigenvalue weighted by molar-refractivity contribution is -0.117. The minimum absolute atomic E-state index is 0.222. The maximum atomic E-state index is 10.5. The second-order valence-electron chi connectivity index (χ2n) is 4.75. The summed E-state index contributed by atoms with van der Waals surface area (Å²) in [6.45, 7) is 5.31. The van der Waals surface area contributed by atoms with Crippen LogP contribution in [0.5, 0.6) is 0 Å². The van der Waals surface area contributed by atoms with Crippen molar-refractivity contribution < 1.29 is 4.79 Å². The standard InChI is InChI=1S/C10H20N2OS/c1-10(2)5-8(6-14-7-10)12-4-3-9(11)13/h8,12H,3-7H2,1-2H3,(H2,11,13). The molecule has 1 fully saturated rings. The molecule has 14 heavy (non-hydrogen) atoms. The Hall–Kier alpha value is -0.220. The lowest BCUT2D eigenvalue weighted by atomic mass is 9.88. The molecule has 0 radical (unpaired) electrons. The normalized spacial score (nSPS) is 26.0. The van der Waals surface area contributed by atoms with Crippen LogP contribution in [-0.2, 0) is 4.79 Å². The second kappa shape index (κ2) is 5.03. The highest BCUT2D eigenvalue weighted by atomic mass is 32.2. The van der Waals surface area contributed by atoms with Crippen LogP contribution in [0.2, 0.25) is 0 Å². The third kappa shape index (κ3) is 4.33. The van der Waals surface area contributed by atoms with Crippen molar-refractivity contribution in [3.63, 3.8) is 0 Å². The van der Waals surface area contributed by atoms with E-state index in [4.69, 9.17) is 5.73 Å². The van der Waals surface area contributed by atoms with Gasteiger partial charge in [0.15, 0.2) is 0 Å².